The van der Waals surface area contributed by atoms with Gasteiger partial charge in [-0.15, -0.1) is 11.3 Å². The number of hydrogen-bond donors (Lipinski definition) is 1. The number of carbonyl (C=O) groups excluding carboxylic acids is 2. The molecule has 0 aliphatic rings. The van der Waals surface area contributed by atoms with Crippen molar-refractivity contribution in [3.05, 3.63) is 51.2 Å². The molecule has 0 saturated heterocycles. The minimum atomic E-state index is -0.457. The second kappa shape index (κ2) is 6.54. The van der Waals surface area contributed by atoms with Gasteiger partial charge in [0.25, 0.3) is 0 Å². The van der Waals surface area contributed by atoms with Crippen LogP contribution in [0, 0.1) is 0 Å². The zero-order valence-corrected chi connectivity index (χ0v) is 12.3. The van der Waals surface area contributed by atoms with E-state index in [0.29, 0.717) is 15.6 Å². The van der Waals surface area contributed by atoms with Crippen molar-refractivity contribution in [2.75, 3.05) is 12.4 Å². The monoisotopic (exact) mass is 309 g/mol. The SMILES string of the molecule is COC(=O)c1sccc1NC(=O)Cc1ccc(Cl)cc1. The number of ether oxygens (including phenoxy) is 1. The highest BCUT2D eigenvalue weighted by atomic mass is 35.5. The molecule has 104 valence electrons. The molecule has 0 fully saturated rings. The van der Waals surface area contributed by atoms with Crippen molar-refractivity contribution >= 4 is 40.5 Å². The summed E-state index contributed by atoms with van der Waals surface area (Å²) in [4.78, 5) is 23.8. The summed E-state index contributed by atoms with van der Waals surface area (Å²) in [5.74, 6) is -0.655. The van der Waals surface area contributed by atoms with Crippen molar-refractivity contribution in [3.8, 4) is 0 Å². The Labute approximate surface area is 125 Å². The van der Waals surface area contributed by atoms with Crippen LogP contribution in [0.1, 0.15) is 15.2 Å². The molecular formula is C14H12ClNO3S. The maximum atomic E-state index is 11.9. The quantitative estimate of drug-likeness (QED) is 0.881. The first-order valence-electron chi connectivity index (χ1n) is 5.80. The second-order valence-electron chi connectivity index (χ2n) is 4.01. The van der Waals surface area contributed by atoms with E-state index in [1.54, 1.807) is 35.7 Å². The smallest absolute Gasteiger partial charge is 0.350 e. The van der Waals surface area contributed by atoms with Gasteiger partial charge in [0.15, 0.2) is 0 Å². The average molecular weight is 310 g/mol. The average Bonchev–Trinajstić information content (AvgIpc) is 2.88. The molecular weight excluding hydrogens is 298 g/mol. The highest BCUT2D eigenvalue weighted by Gasteiger charge is 2.15. The molecule has 2 rings (SSSR count). The van der Waals surface area contributed by atoms with Gasteiger partial charge in [0, 0.05) is 5.02 Å². The molecule has 20 heavy (non-hydrogen) atoms. The van der Waals surface area contributed by atoms with Gasteiger partial charge in [-0.2, -0.15) is 0 Å². The Morgan fingerprint density at radius 1 is 1.25 bits per heavy atom. The summed E-state index contributed by atoms with van der Waals surface area (Å²) in [5, 5.41) is 5.06. The Kier molecular flexibility index (Phi) is 4.76. The van der Waals surface area contributed by atoms with Crippen molar-refractivity contribution < 1.29 is 14.3 Å². The molecule has 0 radical (unpaired) electrons. The van der Waals surface area contributed by atoms with Crippen molar-refractivity contribution in [1.29, 1.82) is 0 Å². The van der Waals surface area contributed by atoms with Gasteiger partial charge in [-0.05, 0) is 29.1 Å². The first-order valence-corrected chi connectivity index (χ1v) is 7.06. The van der Waals surface area contributed by atoms with Crippen molar-refractivity contribution in [3.63, 3.8) is 0 Å². The van der Waals surface area contributed by atoms with E-state index in [-0.39, 0.29) is 12.3 Å². The topological polar surface area (TPSA) is 55.4 Å². The molecule has 0 unspecified atom stereocenters. The number of anilines is 1. The normalized spacial score (nSPS) is 10.1. The lowest BCUT2D eigenvalue weighted by molar-refractivity contribution is -0.115. The number of carbonyl (C=O) groups is 2. The molecule has 1 aromatic carbocycles. The molecule has 0 bridgehead atoms. The standard InChI is InChI=1S/C14H12ClNO3S/c1-19-14(18)13-11(6-7-20-13)16-12(17)8-9-2-4-10(15)5-3-9/h2-7H,8H2,1H3,(H,16,17). The minimum absolute atomic E-state index is 0.198. The van der Waals surface area contributed by atoms with Crippen LogP contribution in [0.4, 0.5) is 5.69 Å². The van der Waals surface area contributed by atoms with Crippen LogP contribution in [0.15, 0.2) is 35.7 Å². The van der Waals surface area contributed by atoms with E-state index in [9.17, 15) is 9.59 Å². The van der Waals surface area contributed by atoms with Gasteiger partial charge in [0.1, 0.15) is 4.88 Å². The first kappa shape index (κ1) is 14.6. The number of thiophene rings is 1. The summed E-state index contributed by atoms with van der Waals surface area (Å²) in [5.41, 5.74) is 1.32. The highest BCUT2D eigenvalue weighted by molar-refractivity contribution is 7.12. The van der Waals surface area contributed by atoms with Gasteiger partial charge >= 0.3 is 5.97 Å². The fourth-order valence-corrected chi connectivity index (χ4v) is 2.53. The van der Waals surface area contributed by atoms with Gasteiger partial charge in [0.2, 0.25) is 5.91 Å². The Bertz CT molecular complexity index is 622. The van der Waals surface area contributed by atoms with Crippen LogP contribution in [0.3, 0.4) is 0 Å². The van der Waals surface area contributed by atoms with Crippen LogP contribution in [-0.2, 0) is 16.0 Å². The van der Waals surface area contributed by atoms with Crippen LogP contribution >= 0.6 is 22.9 Å². The largest absolute Gasteiger partial charge is 0.465 e. The number of hydrogen-bond acceptors (Lipinski definition) is 4. The Balaban J connectivity index is 2.03. The molecule has 1 amide bonds. The van der Waals surface area contributed by atoms with Crippen molar-refractivity contribution in [1.82, 2.24) is 0 Å². The van der Waals surface area contributed by atoms with Crippen LogP contribution < -0.4 is 5.32 Å². The maximum Gasteiger partial charge on any atom is 0.350 e. The zero-order chi connectivity index (χ0) is 14.5. The fraction of sp³-hybridized carbons (Fsp3) is 0.143. The summed E-state index contributed by atoms with van der Waals surface area (Å²) < 4.78 is 4.65. The number of rotatable bonds is 4. The molecule has 1 aromatic heterocycles. The predicted octanol–water partition coefficient (Wildman–Crippen LogP) is 3.37. The minimum Gasteiger partial charge on any atom is -0.465 e. The lowest BCUT2D eigenvalue weighted by Crippen LogP contribution is -2.16. The zero-order valence-electron chi connectivity index (χ0n) is 10.7. The maximum absolute atomic E-state index is 11.9. The highest BCUT2D eigenvalue weighted by Crippen LogP contribution is 2.23. The summed E-state index contributed by atoms with van der Waals surface area (Å²) in [6.07, 6.45) is 0.216. The van der Waals surface area contributed by atoms with Crippen LogP contribution in [0.5, 0.6) is 0 Å². The van der Waals surface area contributed by atoms with Gasteiger partial charge < -0.3 is 10.1 Å². The second-order valence-corrected chi connectivity index (χ2v) is 5.36. The third-order valence-corrected chi connectivity index (χ3v) is 3.73. The summed E-state index contributed by atoms with van der Waals surface area (Å²) in [6, 6.07) is 8.72. The lowest BCUT2D eigenvalue weighted by Gasteiger charge is -2.05. The van der Waals surface area contributed by atoms with Crippen molar-refractivity contribution in [2.24, 2.45) is 0 Å². The molecule has 0 atom stereocenters. The van der Waals surface area contributed by atoms with E-state index in [1.807, 2.05) is 0 Å². The molecule has 0 saturated carbocycles. The van der Waals surface area contributed by atoms with Gasteiger partial charge in [-0.3, -0.25) is 4.79 Å². The molecule has 0 aliphatic carbocycles. The van der Waals surface area contributed by atoms with Crippen LogP contribution in [-0.4, -0.2) is 19.0 Å². The third kappa shape index (κ3) is 3.59. The summed E-state index contributed by atoms with van der Waals surface area (Å²) in [7, 11) is 1.31. The summed E-state index contributed by atoms with van der Waals surface area (Å²) >= 11 is 7.01. The number of methoxy groups -OCH3 is 1. The van der Waals surface area contributed by atoms with Gasteiger partial charge in [0.05, 0.1) is 19.2 Å². The molecule has 4 nitrogen and oxygen atoms in total. The van der Waals surface area contributed by atoms with Crippen molar-refractivity contribution in [2.45, 2.75) is 6.42 Å². The van der Waals surface area contributed by atoms with E-state index in [2.05, 4.69) is 10.1 Å². The van der Waals surface area contributed by atoms with Gasteiger partial charge in [-0.25, -0.2) is 4.79 Å². The number of esters is 1. The Hall–Kier alpha value is -1.85. The van der Waals surface area contributed by atoms with E-state index in [1.165, 1.54) is 18.4 Å². The first-order chi connectivity index (χ1) is 9.60. The van der Waals surface area contributed by atoms with Crippen LogP contribution in [0.2, 0.25) is 5.02 Å². The Morgan fingerprint density at radius 3 is 2.60 bits per heavy atom. The number of benzene rings is 1. The number of nitrogens with one attached hydrogen (secondary N) is 1. The predicted molar refractivity (Wildman–Crippen MR) is 79.4 cm³/mol. The molecule has 1 N–H and O–H groups in total. The number of halogens is 1. The van der Waals surface area contributed by atoms with Crippen LogP contribution in [0.25, 0.3) is 0 Å². The van der Waals surface area contributed by atoms with E-state index in [0.717, 1.165) is 5.56 Å². The van der Waals surface area contributed by atoms with E-state index in [4.69, 9.17) is 11.6 Å². The third-order valence-electron chi connectivity index (χ3n) is 2.59. The number of amides is 1. The lowest BCUT2D eigenvalue weighted by atomic mass is 10.1. The molecule has 0 spiro atoms. The molecule has 2 aromatic rings. The van der Waals surface area contributed by atoms with E-state index >= 15 is 0 Å². The fourth-order valence-electron chi connectivity index (χ4n) is 1.64. The molecule has 1 heterocycles. The van der Waals surface area contributed by atoms with Gasteiger partial charge in [-0.1, -0.05) is 23.7 Å². The van der Waals surface area contributed by atoms with E-state index < -0.39 is 5.97 Å². The molecule has 0 aliphatic heterocycles. The summed E-state index contributed by atoms with van der Waals surface area (Å²) in [6.45, 7) is 0. The Morgan fingerprint density at radius 2 is 1.95 bits per heavy atom. The molecule has 6 heteroatoms.